The van der Waals surface area contributed by atoms with Crippen LogP contribution in [-0.4, -0.2) is 16.5 Å². The molecule has 0 saturated heterocycles. The second kappa shape index (κ2) is 4.96. The Labute approximate surface area is 114 Å². The van der Waals surface area contributed by atoms with Crippen LogP contribution in [0.5, 0.6) is 0 Å². The van der Waals surface area contributed by atoms with Gasteiger partial charge in [0.25, 0.3) is 0 Å². The van der Waals surface area contributed by atoms with Crippen LogP contribution in [0.2, 0.25) is 0 Å². The Hall–Kier alpha value is -0.230. The number of anilines is 1. The summed E-state index contributed by atoms with van der Waals surface area (Å²) >= 11 is 4.15. The van der Waals surface area contributed by atoms with Crippen LogP contribution in [0.15, 0.2) is 29.3 Å². The van der Waals surface area contributed by atoms with Gasteiger partial charge < -0.3 is 5.32 Å². The zero-order valence-electron chi connectivity index (χ0n) is 9.46. The van der Waals surface area contributed by atoms with Crippen LogP contribution in [0, 0.1) is 3.57 Å². The quantitative estimate of drug-likeness (QED) is 0.820. The molecule has 1 atom stereocenters. The fraction of sp³-hybridized carbons (Fsp3) is 0.417. The van der Waals surface area contributed by atoms with E-state index in [1.807, 2.05) is 23.9 Å². The van der Waals surface area contributed by atoms with Crippen LogP contribution < -0.4 is 5.32 Å². The van der Waals surface area contributed by atoms with Crippen molar-refractivity contribution in [2.45, 2.75) is 25.8 Å². The van der Waals surface area contributed by atoms with Crippen molar-refractivity contribution >= 4 is 45.2 Å². The van der Waals surface area contributed by atoms with Crippen molar-refractivity contribution in [1.82, 2.24) is 0 Å². The fourth-order valence-corrected chi connectivity index (χ4v) is 3.16. The molecule has 2 rings (SSSR count). The van der Waals surface area contributed by atoms with Crippen molar-refractivity contribution in [1.29, 1.82) is 0 Å². The summed E-state index contributed by atoms with van der Waals surface area (Å²) in [6.45, 7) is 4.41. The van der Waals surface area contributed by atoms with Crippen LogP contribution in [0.3, 0.4) is 0 Å². The third kappa shape index (κ3) is 2.71. The van der Waals surface area contributed by atoms with Gasteiger partial charge in [0, 0.05) is 9.32 Å². The first-order chi connectivity index (χ1) is 7.63. The minimum absolute atomic E-state index is 0.118. The molecule has 0 aromatic heterocycles. The first-order valence-electron chi connectivity index (χ1n) is 5.37. The molecule has 2 nitrogen and oxygen atoms in total. The molecule has 1 aromatic carbocycles. The number of amidine groups is 1. The van der Waals surface area contributed by atoms with Gasteiger partial charge in [-0.05, 0) is 48.1 Å². The Morgan fingerprint density at radius 1 is 1.50 bits per heavy atom. The highest BCUT2D eigenvalue weighted by molar-refractivity contribution is 14.1. The average molecular weight is 346 g/mol. The minimum Gasteiger partial charge on any atom is -0.334 e. The molecule has 4 heteroatoms. The van der Waals surface area contributed by atoms with Gasteiger partial charge in [-0.2, -0.15) is 0 Å². The number of aliphatic imine (C=N–C) groups is 1. The van der Waals surface area contributed by atoms with Gasteiger partial charge in [-0.3, -0.25) is 4.99 Å². The van der Waals surface area contributed by atoms with E-state index in [0.717, 1.165) is 23.0 Å². The smallest absolute Gasteiger partial charge is 0.161 e. The molecule has 1 aromatic rings. The normalized spacial score (nSPS) is 24.3. The summed E-state index contributed by atoms with van der Waals surface area (Å²) in [5.41, 5.74) is 1.27. The number of halogens is 1. The molecule has 0 fully saturated rings. The van der Waals surface area contributed by atoms with Gasteiger partial charge >= 0.3 is 0 Å². The summed E-state index contributed by atoms with van der Waals surface area (Å²) in [6.07, 6.45) is 1.09. The Morgan fingerprint density at radius 2 is 2.25 bits per heavy atom. The highest BCUT2D eigenvalue weighted by atomic mass is 127. The van der Waals surface area contributed by atoms with Crippen molar-refractivity contribution in [3.8, 4) is 0 Å². The number of hydrogen-bond donors (Lipinski definition) is 1. The summed E-state index contributed by atoms with van der Waals surface area (Å²) in [4.78, 5) is 4.74. The molecule has 0 amide bonds. The third-order valence-electron chi connectivity index (χ3n) is 2.77. The van der Waals surface area contributed by atoms with Crippen molar-refractivity contribution in [2.75, 3.05) is 11.1 Å². The van der Waals surface area contributed by atoms with Crippen LogP contribution in [0.25, 0.3) is 0 Å². The van der Waals surface area contributed by atoms with Crippen molar-refractivity contribution < 1.29 is 0 Å². The maximum absolute atomic E-state index is 4.74. The highest BCUT2D eigenvalue weighted by Crippen LogP contribution is 2.31. The molecule has 0 aliphatic carbocycles. The zero-order chi connectivity index (χ0) is 11.6. The lowest BCUT2D eigenvalue weighted by molar-refractivity contribution is 0.523. The van der Waals surface area contributed by atoms with Crippen molar-refractivity contribution in [3.05, 3.63) is 27.8 Å². The van der Waals surface area contributed by atoms with E-state index >= 15 is 0 Å². The van der Waals surface area contributed by atoms with Crippen LogP contribution >= 0.6 is 34.4 Å². The molecule has 1 N–H and O–H groups in total. The van der Waals surface area contributed by atoms with Crippen molar-refractivity contribution in [3.63, 3.8) is 0 Å². The predicted molar refractivity (Wildman–Crippen MR) is 81.4 cm³/mol. The molecule has 0 spiro atoms. The summed E-state index contributed by atoms with van der Waals surface area (Å²) in [5, 5.41) is 4.45. The van der Waals surface area contributed by atoms with E-state index in [1.54, 1.807) is 0 Å². The molecule has 16 heavy (non-hydrogen) atoms. The lowest BCUT2D eigenvalue weighted by atomic mass is 10.0. The largest absolute Gasteiger partial charge is 0.334 e. The number of thioether (sulfide) groups is 1. The maximum atomic E-state index is 4.74. The van der Waals surface area contributed by atoms with E-state index < -0.39 is 0 Å². The van der Waals surface area contributed by atoms with E-state index in [0.29, 0.717) is 0 Å². The first-order valence-corrected chi connectivity index (χ1v) is 7.43. The minimum atomic E-state index is 0.118. The van der Waals surface area contributed by atoms with Crippen LogP contribution in [-0.2, 0) is 0 Å². The molecule has 1 aliphatic rings. The standard InChI is InChI=1S/C12H15IN2S/c1-3-12(2)8-16-11(15-12)14-10-7-5-4-6-9(10)13/h4-7H,3,8H2,1-2H3,(H,14,15). The number of nitrogens with zero attached hydrogens (tertiary/aromatic N) is 1. The third-order valence-corrected chi connectivity index (χ3v) is 4.94. The topological polar surface area (TPSA) is 24.4 Å². The second-order valence-corrected chi connectivity index (χ2v) is 6.29. The summed E-state index contributed by atoms with van der Waals surface area (Å²) < 4.78 is 1.23. The number of benzene rings is 1. The van der Waals surface area contributed by atoms with E-state index in [9.17, 15) is 0 Å². The second-order valence-electron chi connectivity index (χ2n) is 4.16. The SMILES string of the molecule is CCC1(C)CSC(Nc2ccccc2I)=N1. The van der Waals surface area contributed by atoms with Gasteiger partial charge in [0.1, 0.15) is 0 Å². The number of nitrogens with one attached hydrogen (secondary N) is 1. The lowest BCUT2D eigenvalue weighted by Gasteiger charge is -2.15. The Balaban J connectivity index is 2.13. The number of hydrogen-bond acceptors (Lipinski definition) is 3. The van der Waals surface area contributed by atoms with Gasteiger partial charge in [0.05, 0.1) is 11.2 Å². The fourth-order valence-electron chi connectivity index (χ4n) is 1.46. The van der Waals surface area contributed by atoms with E-state index in [2.05, 4.69) is 53.9 Å². The molecule has 1 heterocycles. The predicted octanol–water partition coefficient (Wildman–Crippen LogP) is 3.97. The number of para-hydroxylation sites is 1. The van der Waals surface area contributed by atoms with Crippen molar-refractivity contribution in [2.24, 2.45) is 4.99 Å². The molecule has 0 bridgehead atoms. The van der Waals surface area contributed by atoms with E-state index in [1.165, 1.54) is 3.57 Å². The first kappa shape index (κ1) is 12.2. The Morgan fingerprint density at radius 3 is 2.88 bits per heavy atom. The molecule has 0 saturated carbocycles. The van der Waals surface area contributed by atoms with Gasteiger partial charge in [-0.1, -0.05) is 30.8 Å². The molecule has 0 radical (unpaired) electrons. The molecule has 86 valence electrons. The Bertz CT molecular complexity index is 419. The average Bonchev–Trinajstić information content (AvgIpc) is 2.65. The summed E-state index contributed by atoms with van der Waals surface area (Å²) in [7, 11) is 0. The number of rotatable bonds is 2. The van der Waals surface area contributed by atoms with Crippen LogP contribution in [0.4, 0.5) is 5.69 Å². The van der Waals surface area contributed by atoms with E-state index in [4.69, 9.17) is 4.99 Å². The van der Waals surface area contributed by atoms with Gasteiger partial charge in [-0.25, -0.2) is 0 Å². The maximum Gasteiger partial charge on any atom is 0.161 e. The lowest BCUT2D eigenvalue weighted by Crippen LogP contribution is -2.20. The molecule has 1 aliphatic heterocycles. The summed E-state index contributed by atoms with van der Waals surface area (Å²) in [6, 6.07) is 8.28. The molecular formula is C12H15IN2S. The molecule has 1 unspecified atom stereocenters. The molecular weight excluding hydrogens is 331 g/mol. The van der Waals surface area contributed by atoms with Crippen LogP contribution in [0.1, 0.15) is 20.3 Å². The zero-order valence-corrected chi connectivity index (χ0v) is 12.4. The van der Waals surface area contributed by atoms with Gasteiger partial charge in [-0.15, -0.1) is 0 Å². The van der Waals surface area contributed by atoms with E-state index in [-0.39, 0.29) is 5.54 Å². The highest BCUT2D eigenvalue weighted by Gasteiger charge is 2.28. The van der Waals surface area contributed by atoms with Gasteiger partial charge in [0.2, 0.25) is 0 Å². The Kier molecular flexibility index (Phi) is 3.79. The summed E-state index contributed by atoms with van der Waals surface area (Å²) in [5.74, 6) is 1.08. The van der Waals surface area contributed by atoms with Gasteiger partial charge in [0.15, 0.2) is 5.17 Å². The monoisotopic (exact) mass is 346 g/mol.